The Bertz CT molecular complexity index is 578. The second-order valence-corrected chi connectivity index (χ2v) is 8.76. The van der Waals surface area contributed by atoms with E-state index in [1.807, 2.05) is 0 Å². The molecule has 3 fully saturated rings. The zero-order valence-electron chi connectivity index (χ0n) is 15.6. The number of benzene rings is 1. The van der Waals surface area contributed by atoms with Crippen molar-refractivity contribution in [3.63, 3.8) is 0 Å². The number of hydrogen-bond acceptors (Lipinski definition) is 4. The Morgan fingerprint density at radius 1 is 0.960 bits per heavy atom. The third kappa shape index (κ3) is 3.14. The van der Waals surface area contributed by atoms with E-state index in [9.17, 15) is 0 Å². The molecule has 0 radical (unpaired) electrons. The van der Waals surface area contributed by atoms with Crippen LogP contribution in [0.5, 0.6) is 0 Å². The van der Waals surface area contributed by atoms with Gasteiger partial charge in [0.15, 0.2) is 12.1 Å². The first kappa shape index (κ1) is 17.5. The van der Waals surface area contributed by atoms with Crippen LogP contribution in [-0.4, -0.2) is 31.9 Å². The van der Waals surface area contributed by atoms with Crippen LogP contribution >= 0.6 is 0 Å². The van der Waals surface area contributed by atoms with Crippen molar-refractivity contribution in [3.8, 4) is 0 Å². The molecule has 1 spiro atoms. The van der Waals surface area contributed by atoms with E-state index in [1.165, 1.54) is 5.56 Å². The maximum Gasteiger partial charge on any atom is 0.168 e. The van der Waals surface area contributed by atoms with Gasteiger partial charge in [0.25, 0.3) is 0 Å². The summed E-state index contributed by atoms with van der Waals surface area (Å²) in [4.78, 5) is 0. The Hall–Kier alpha value is -0.940. The van der Waals surface area contributed by atoms with Gasteiger partial charge in [-0.25, -0.2) is 0 Å². The van der Waals surface area contributed by atoms with Crippen LogP contribution in [0.15, 0.2) is 30.3 Å². The van der Waals surface area contributed by atoms with Gasteiger partial charge in [0.2, 0.25) is 0 Å². The minimum atomic E-state index is -0.362. The normalized spacial score (nSPS) is 33.2. The fourth-order valence-corrected chi connectivity index (χ4v) is 4.52. The van der Waals surface area contributed by atoms with E-state index in [0.29, 0.717) is 12.5 Å². The van der Waals surface area contributed by atoms with Crippen molar-refractivity contribution >= 4 is 0 Å². The van der Waals surface area contributed by atoms with Crippen LogP contribution in [-0.2, 0) is 24.5 Å². The highest BCUT2D eigenvalue weighted by atomic mass is 16.7. The molecule has 138 valence electrons. The maximum absolute atomic E-state index is 6.69. The highest BCUT2D eigenvalue weighted by molar-refractivity contribution is 5.25. The quantitative estimate of drug-likeness (QED) is 0.803. The molecule has 1 aromatic carbocycles. The second kappa shape index (κ2) is 6.34. The van der Waals surface area contributed by atoms with Crippen molar-refractivity contribution in [2.45, 2.75) is 64.1 Å². The molecule has 0 amide bonds. The molecule has 0 unspecified atom stereocenters. The lowest BCUT2D eigenvalue weighted by Gasteiger charge is -2.43. The molecule has 1 saturated carbocycles. The molecule has 0 aromatic heterocycles. The summed E-state index contributed by atoms with van der Waals surface area (Å²) < 4.78 is 24.7. The smallest absolute Gasteiger partial charge is 0.168 e. The first-order valence-corrected chi connectivity index (χ1v) is 9.56. The van der Waals surface area contributed by atoms with E-state index < -0.39 is 0 Å². The molecule has 2 saturated heterocycles. The highest BCUT2D eigenvalue weighted by Gasteiger charge is 2.54. The van der Waals surface area contributed by atoms with Crippen molar-refractivity contribution in [2.24, 2.45) is 11.3 Å². The Balaban J connectivity index is 1.59. The van der Waals surface area contributed by atoms with Gasteiger partial charge in [-0.2, -0.15) is 0 Å². The fourth-order valence-electron chi connectivity index (χ4n) is 4.52. The van der Waals surface area contributed by atoms with Gasteiger partial charge in [-0.05, 0) is 24.3 Å². The Morgan fingerprint density at radius 2 is 1.60 bits per heavy atom. The van der Waals surface area contributed by atoms with E-state index in [4.69, 9.17) is 18.9 Å². The van der Waals surface area contributed by atoms with E-state index in [1.54, 1.807) is 0 Å². The minimum Gasteiger partial charge on any atom is -0.349 e. The van der Waals surface area contributed by atoms with Crippen molar-refractivity contribution in [3.05, 3.63) is 35.9 Å². The van der Waals surface area contributed by atoms with Gasteiger partial charge < -0.3 is 18.9 Å². The van der Waals surface area contributed by atoms with Gasteiger partial charge in [0.05, 0.1) is 19.8 Å². The number of rotatable bonds is 2. The number of hydrogen-bond donors (Lipinski definition) is 0. The summed E-state index contributed by atoms with van der Waals surface area (Å²) in [5.41, 5.74) is 0.833. The Morgan fingerprint density at radius 3 is 2.16 bits per heavy atom. The van der Waals surface area contributed by atoms with Crippen LogP contribution in [0.1, 0.15) is 52.0 Å². The van der Waals surface area contributed by atoms with Gasteiger partial charge in [0, 0.05) is 18.3 Å². The molecule has 1 aliphatic carbocycles. The van der Waals surface area contributed by atoms with Crippen molar-refractivity contribution in [1.82, 2.24) is 0 Å². The van der Waals surface area contributed by atoms with Crippen LogP contribution in [0.2, 0.25) is 0 Å². The van der Waals surface area contributed by atoms with E-state index in [0.717, 1.165) is 38.9 Å². The predicted octanol–water partition coefficient (Wildman–Crippen LogP) is 4.23. The third-order valence-corrected chi connectivity index (χ3v) is 5.96. The zero-order chi connectivity index (χ0) is 17.5. The lowest BCUT2D eigenvalue weighted by Crippen LogP contribution is -2.45. The minimum absolute atomic E-state index is 0.0376. The van der Waals surface area contributed by atoms with Crippen LogP contribution < -0.4 is 0 Å². The molecule has 0 bridgehead atoms. The lowest BCUT2D eigenvalue weighted by atomic mass is 9.72. The van der Waals surface area contributed by atoms with Gasteiger partial charge in [-0.15, -0.1) is 0 Å². The van der Waals surface area contributed by atoms with E-state index in [2.05, 4.69) is 51.1 Å². The molecule has 0 N–H and O–H groups in total. The molecule has 4 rings (SSSR count). The molecule has 25 heavy (non-hydrogen) atoms. The molecule has 4 nitrogen and oxygen atoms in total. The topological polar surface area (TPSA) is 36.9 Å². The zero-order valence-corrected chi connectivity index (χ0v) is 15.6. The maximum atomic E-state index is 6.69. The van der Waals surface area contributed by atoms with Crippen LogP contribution in [0.4, 0.5) is 0 Å². The molecular weight excluding hydrogens is 316 g/mol. The molecule has 2 heterocycles. The van der Waals surface area contributed by atoms with E-state index >= 15 is 0 Å². The summed E-state index contributed by atoms with van der Waals surface area (Å²) in [6.45, 7) is 8.59. The Kier molecular flexibility index (Phi) is 4.43. The molecule has 2 atom stereocenters. The Labute approximate surface area is 150 Å². The predicted molar refractivity (Wildman–Crippen MR) is 95.0 cm³/mol. The van der Waals surface area contributed by atoms with Gasteiger partial charge in [-0.3, -0.25) is 0 Å². The van der Waals surface area contributed by atoms with Gasteiger partial charge in [0.1, 0.15) is 5.60 Å². The first-order valence-electron chi connectivity index (χ1n) is 9.56. The lowest BCUT2D eigenvalue weighted by molar-refractivity contribution is -0.205. The summed E-state index contributed by atoms with van der Waals surface area (Å²) in [5.74, 6) is 0.0812. The average molecular weight is 346 g/mol. The third-order valence-electron chi connectivity index (χ3n) is 5.96. The van der Waals surface area contributed by atoms with E-state index in [-0.39, 0.29) is 23.1 Å². The molecule has 3 aliphatic rings. The van der Waals surface area contributed by atoms with Gasteiger partial charge in [-0.1, -0.05) is 51.1 Å². The first-order chi connectivity index (χ1) is 11.9. The average Bonchev–Trinajstić information content (AvgIpc) is 3.25. The summed E-state index contributed by atoms with van der Waals surface area (Å²) in [6, 6.07) is 10.6. The van der Waals surface area contributed by atoms with Crippen molar-refractivity contribution < 1.29 is 18.9 Å². The second-order valence-electron chi connectivity index (χ2n) is 8.76. The standard InChI is InChI=1S/C21H30O4/c1-19(2,3)18-22-15-21(25-18,16-7-5-4-6-8-16)17-9-11-20(12-10-17)23-13-14-24-20/h4-8,17-18H,9-15H2,1-3H3/t18-,21+/m1/s1. The summed E-state index contributed by atoms with van der Waals surface area (Å²) >= 11 is 0. The molecule has 2 aliphatic heterocycles. The molecule has 4 heteroatoms. The number of ether oxygens (including phenoxy) is 4. The van der Waals surface area contributed by atoms with Crippen molar-refractivity contribution in [1.29, 1.82) is 0 Å². The fraction of sp³-hybridized carbons (Fsp3) is 0.714. The van der Waals surface area contributed by atoms with Gasteiger partial charge >= 0.3 is 0 Å². The molecule has 1 aromatic rings. The monoisotopic (exact) mass is 346 g/mol. The van der Waals surface area contributed by atoms with Crippen LogP contribution in [0, 0.1) is 11.3 Å². The largest absolute Gasteiger partial charge is 0.349 e. The van der Waals surface area contributed by atoms with Crippen molar-refractivity contribution in [2.75, 3.05) is 19.8 Å². The van der Waals surface area contributed by atoms with Crippen LogP contribution in [0.3, 0.4) is 0 Å². The highest BCUT2D eigenvalue weighted by Crippen LogP contribution is 2.51. The SMILES string of the molecule is CC(C)(C)[C@@H]1OC[C@](c2ccccc2)(C2CCC3(CC2)OCCO3)O1. The summed E-state index contributed by atoms with van der Waals surface area (Å²) in [7, 11) is 0. The summed E-state index contributed by atoms with van der Waals surface area (Å²) in [5, 5.41) is 0. The van der Waals surface area contributed by atoms with Crippen LogP contribution in [0.25, 0.3) is 0 Å². The summed E-state index contributed by atoms with van der Waals surface area (Å²) in [6.07, 6.45) is 3.78. The molecular formula is C21H30O4.